The fourth-order valence-corrected chi connectivity index (χ4v) is 2.70. The van der Waals surface area contributed by atoms with Crippen molar-refractivity contribution in [1.29, 1.82) is 0 Å². The standard InChI is InChI=1S/C16H28N4O2/c1-10-14(11(2)20(6)19-10)9-17-12-7-13(8-12)18-15(21)22-16(3,4)5/h12-13,17H,7-9H2,1-6H3,(H,18,21). The Morgan fingerprint density at radius 1 is 1.32 bits per heavy atom. The van der Waals surface area contributed by atoms with Crippen LogP contribution in [-0.4, -0.2) is 33.6 Å². The van der Waals surface area contributed by atoms with Crippen LogP contribution in [0.5, 0.6) is 0 Å². The monoisotopic (exact) mass is 308 g/mol. The van der Waals surface area contributed by atoms with Gasteiger partial charge in [-0.05, 0) is 47.5 Å². The number of nitrogens with zero attached hydrogens (tertiary/aromatic N) is 2. The van der Waals surface area contributed by atoms with Crippen LogP contribution in [0.1, 0.15) is 50.6 Å². The van der Waals surface area contributed by atoms with Gasteiger partial charge in [0, 0.05) is 36.9 Å². The van der Waals surface area contributed by atoms with Gasteiger partial charge in [0.05, 0.1) is 5.69 Å². The molecule has 1 heterocycles. The van der Waals surface area contributed by atoms with Gasteiger partial charge in [-0.2, -0.15) is 5.10 Å². The van der Waals surface area contributed by atoms with E-state index in [1.165, 1.54) is 11.3 Å². The summed E-state index contributed by atoms with van der Waals surface area (Å²) in [6, 6.07) is 0.655. The molecule has 6 nitrogen and oxygen atoms in total. The van der Waals surface area contributed by atoms with Gasteiger partial charge in [0.1, 0.15) is 5.60 Å². The molecule has 1 amide bonds. The zero-order valence-corrected chi connectivity index (χ0v) is 14.5. The summed E-state index contributed by atoms with van der Waals surface area (Å²) in [6.45, 7) is 10.6. The fourth-order valence-electron chi connectivity index (χ4n) is 2.70. The lowest BCUT2D eigenvalue weighted by Crippen LogP contribution is -2.53. The zero-order valence-electron chi connectivity index (χ0n) is 14.5. The molecule has 2 N–H and O–H groups in total. The first-order chi connectivity index (χ1) is 10.2. The van der Waals surface area contributed by atoms with Crippen molar-refractivity contribution in [2.24, 2.45) is 7.05 Å². The predicted molar refractivity (Wildman–Crippen MR) is 85.7 cm³/mol. The largest absolute Gasteiger partial charge is 0.444 e. The van der Waals surface area contributed by atoms with Crippen LogP contribution in [0.25, 0.3) is 0 Å². The highest BCUT2D eigenvalue weighted by molar-refractivity contribution is 5.68. The second-order valence-electron chi connectivity index (χ2n) is 7.17. The highest BCUT2D eigenvalue weighted by Crippen LogP contribution is 2.22. The second-order valence-corrected chi connectivity index (χ2v) is 7.17. The van der Waals surface area contributed by atoms with Gasteiger partial charge in [0.25, 0.3) is 0 Å². The molecule has 0 unspecified atom stereocenters. The number of carbonyl (C=O) groups excluding carboxylic acids is 1. The van der Waals surface area contributed by atoms with E-state index in [9.17, 15) is 4.79 Å². The number of rotatable bonds is 4. The van der Waals surface area contributed by atoms with Crippen LogP contribution in [0.4, 0.5) is 4.79 Å². The van der Waals surface area contributed by atoms with Gasteiger partial charge in [-0.15, -0.1) is 0 Å². The number of hydrogen-bond acceptors (Lipinski definition) is 4. The van der Waals surface area contributed by atoms with Gasteiger partial charge >= 0.3 is 6.09 Å². The van der Waals surface area contributed by atoms with Crippen molar-refractivity contribution in [2.75, 3.05) is 0 Å². The minimum Gasteiger partial charge on any atom is -0.444 e. The molecule has 0 spiro atoms. The minimum atomic E-state index is -0.444. The van der Waals surface area contributed by atoms with E-state index in [-0.39, 0.29) is 12.1 Å². The topological polar surface area (TPSA) is 68.2 Å². The number of nitrogens with one attached hydrogen (secondary N) is 2. The first-order valence-corrected chi connectivity index (χ1v) is 7.87. The Bertz CT molecular complexity index is 539. The summed E-state index contributed by atoms with van der Waals surface area (Å²) in [5, 5.41) is 10.9. The molecule has 1 aromatic rings. The molecule has 1 fully saturated rings. The van der Waals surface area contributed by atoms with Crippen molar-refractivity contribution in [1.82, 2.24) is 20.4 Å². The van der Waals surface area contributed by atoms with E-state index in [4.69, 9.17) is 4.74 Å². The van der Waals surface area contributed by atoms with Gasteiger partial charge in [0.15, 0.2) is 0 Å². The SMILES string of the molecule is Cc1nn(C)c(C)c1CNC1CC(NC(=O)OC(C)(C)C)C1. The van der Waals surface area contributed by atoms with Crippen LogP contribution in [0, 0.1) is 13.8 Å². The average Bonchev–Trinajstić information content (AvgIpc) is 2.55. The molecule has 1 aliphatic rings. The third kappa shape index (κ3) is 4.22. The van der Waals surface area contributed by atoms with E-state index in [1.807, 2.05) is 39.4 Å². The molecule has 0 aromatic carbocycles. The molecule has 6 heteroatoms. The van der Waals surface area contributed by atoms with E-state index < -0.39 is 5.60 Å². The lowest BCUT2D eigenvalue weighted by atomic mass is 9.86. The summed E-state index contributed by atoms with van der Waals surface area (Å²) < 4.78 is 7.18. The van der Waals surface area contributed by atoms with E-state index >= 15 is 0 Å². The molecule has 0 saturated heterocycles. The van der Waals surface area contributed by atoms with Gasteiger partial charge in [-0.25, -0.2) is 4.79 Å². The minimum absolute atomic E-state index is 0.212. The Kier molecular flexibility index (Phi) is 4.80. The predicted octanol–water partition coefficient (Wildman–Crippen LogP) is 2.18. The molecule has 22 heavy (non-hydrogen) atoms. The van der Waals surface area contributed by atoms with Crippen LogP contribution in [0.3, 0.4) is 0 Å². The number of carbonyl (C=O) groups is 1. The molecule has 0 aliphatic heterocycles. The van der Waals surface area contributed by atoms with Gasteiger partial charge in [-0.3, -0.25) is 4.68 Å². The van der Waals surface area contributed by atoms with Crippen molar-refractivity contribution >= 4 is 6.09 Å². The Labute approximate surface area is 132 Å². The van der Waals surface area contributed by atoms with Gasteiger partial charge in [-0.1, -0.05) is 0 Å². The van der Waals surface area contributed by atoms with Crippen LogP contribution < -0.4 is 10.6 Å². The molecular formula is C16H28N4O2. The Balaban J connectivity index is 1.71. The zero-order chi connectivity index (χ0) is 16.5. The number of alkyl carbamates (subject to hydrolysis) is 1. The highest BCUT2D eigenvalue weighted by Gasteiger charge is 2.31. The molecule has 124 valence electrons. The molecule has 1 aromatic heterocycles. The summed E-state index contributed by atoms with van der Waals surface area (Å²) >= 11 is 0. The molecule has 0 atom stereocenters. The lowest BCUT2D eigenvalue weighted by molar-refractivity contribution is 0.0465. The van der Waals surface area contributed by atoms with Gasteiger partial charge in [0.2, 0.25) is 0 Å². The van der Waals surface area contributed by atoms with Crippen LogP contribution in [0.2, 0.25) is 0 Å². The smallest absolute Gasteiger partial charge is 0.407 e. The lowest BCUT2D eigenvalue weighted by Gasteiger charge is -2.36. The average molecular weight is 308 g/mol. The van der Waals surface area contributed by atoms with Gasteiger partial charge < -0.3 is 15.4 Å². The molecule has 2 rings (SSSR count). The maximum atomic E-state index is 11.7. The first-order valence-electron chi connectivity index (χ1n) is 7.87. The summed E-state index contributed by atoms with van der Waals surface area (Å²) in [5.41, 5.74) is 3.11. The number of amides is 1. The quantitative estimate of drug-likeness (QED) is 0.894. The number of aryl methyl sites for hydroxylation is 2. The molecular weight excluding hydrogens is 280 g/mol. The normalized spacial score (nSPS) is 21.4. The second kappa shape index (κ2) is 6.28. The van der Waals surface area contributed by atoms with E-state index in [0.29, 0.717) is 6.04 Å². The highest BCUT2D eigenvalue weighted by atomic mass is 16.6. The number of hydrogen-bond donors (Lipinski definition) is 2. The fraction of sp³-hybridized carbons (Fsp3) is 0.750. The summed E-state index contributed by atoms with van der Waals surface area (Å²) in [5.74, 6) is 0. The van der Waals surface area contributed by atoms with Crippen LogP contribution >= 0.6 is 0 Å². The summed E-state index contributed by atoms with van der Waals surface area (Å²) in [6.07, 6.45) is 1.56. The summed E-state index contributed by atoms with van der Waals surface area (Å²) in [7, 11) is 1.97. The van der Waals surface area contributed by atoms with E-state index in [2.05, 4.69) is 22.7 Å². The third-order valence-electron chi connectivity index (χ3n) is 4.09. The van der Waals surface area contributed by atoms with Crippen LogP contribution in [-0.2, 0) is 18.3 Å². The van der Waals surface area contributed by atoms with Crippen molar-refractivity contribution in [3.8, 4) is 0 Å². The Morgan fingerprint density at radius 3 is 2.45 bits per heavy atom. The van der Waals surface area contributed by atoms with Crippen molar-refractivity contribution in [3.05, 3.63) is 17.0 Å². The van der Waals surface area contributed by atoms with Crippen molar-refractivity contribution < 1.29 is 9.53 Å². The number of aromatic nitrogens is 2. The summed E-state index contributed by atoms with van der Waals surface area (Å²) in [4.78, 5) is 11.7. The molecule has 1 saturated carbocycles. The molecule has 0 radical (unpaired) electrons. The number of ether oxygens (including phenoxy) is 1. The van der Waals surface area contributed by atoms with Crippen molar-refractivity contribution in [2.45, 2.75) is 71.7 Å². The first kappa shape index (κ1) is 16.8. The van der Waals surface area contributed by atoms with Crippen LogP contribution in [0.15, 0.2) is 0 Å². The Morgan fingerprint density at radius 2 is 1.95 bits per heavy atom. The van der Waals surface area contributed by atoms with E-state index in [0.717, 1.165) is 25.1 Å². The molecule has 0 bridgehead atoms. The van der Waals surface area contributed by atoms with E-state index in [1.54, 1.807) is 0 Å². The van der Waals surface area contributed by atoms with Crippen molar-refractivity contribution in [3.63, 3.8) is 0 Å². The third-order valence-corrected chi connectivity index (χ3v) is 4.09. The Hall–Kier alpha value is -1.56. The molecule has 1 aliphatic carbocycles. The maximum Gasteiger partial charge on any atom is 0.407 e. The maximum absolute atomic E-state index is 11.7.